The Morgan fingerprint density at radius 1 is 1.42 bits per heavy atom. The predicted molar refractivity (Wildman–Crippen MR) is 68.7 cm³/mol. The SMILES string of the molecule is Cc1ccccc1-n1nnc(C#N)c1C1CCCO1. The van der Waals surface area contributed by atoms with Crippen molar-refractivity contribution in [2.45, 2.75) is 25.9 Å². The van der Waals surface area contributed by atoms with Crippen LogP contribution < -0.4 is 0 Å². The van der Waals surface area contributed by atoms with Gasteiger partial charge in [0.15, 0.2) is 5.69 Å². The zero-order valence-electron chi connectivity index (χ0n) is 10.7. The van der Waals surface area contributed by atoms with E-state index in [9.17, 15) is 5.26 Å². The summed E-state index contributed by atoms with van der Waals surface area (Å²) in [5.41, 5.74) is 3.17. The summed E-state index contributed by atoms with van der Waals surface area (Å²) in [4.78, 5) is 0. The van der Waals surface area contributed by atoms with E-state index in [0.717, 1.165) is 36.4 Å². The second-order valence-electron chi connectivity index (χ2n) is 4.64. The molecule has 1 fully saturated rings. The van der Waals surface area contributed by atoms with Gasteiger partial charge in [0.25, 0.3) is 0 Å². The first-order chi connectivity index (χ1) is 9.31. The van der Waals surface area contributed by atoms with Gasteiger partial charge in [0.05, 0.1) is 5.69 Å². The number of hydrogen-bond acceptors (Lipinski definition) is 4. The smallest absolute Gasteiger partial charge is 0.189 e. The summed E-state index contributed by atoms with van der Waals surface area (Å²) in [6.07, 6.45) is 1.84. The maximum atomic E-state index is 9.19. The van der Waals surface area contributed by atoms with E-state index in [0.29, 0.717) is 5.69 Å². The van der Waals surface area contributed by atoms with Crippen molar-refractivity contribution in [3.8, 4) is 11.8 Å². The molecule has 0 spiro atoms. The van der Waals surface area contributed by atoms with Gasteiger partial charge in [-0.2, -0.15) is 5.26 Å². The molecule has 5 heteroatoms. The maximum absolute atomic E-state index is 9.19. The maximum Gasteiger partial charge on any atom is 0.189 e. The Labute approximate surface area is 111 Å². The lowest BCUT2D eigenvalue weighted by atomic mass is 10.1. The minimum atomic E-state index is -0.0794. The molecule has 0 bridgehead atoms. The van der Waals surface area contributed by atoms with Gasteiger partial charge in [-0.15, -0.1) is 5.10 Å². The van der Waals surface area contributed by atoms with Gasteiger partial charge < -0.3 is 4.74 Å². The molecule has 0 radical (unpaired) electrons. The van der Waals surface area contributed by atoms with E-state index in [1.807, 2.05) is 31.2 Å². The molecule has 0 N–H and O–H groups in total. The topological polar surface area (TPSA) is 63.7 Å². The fourth-order valence-electron chi connectivity index (χ4n) is 2.43. The van der Waals surface area contributed by atoms with Gasteiger partial charge in [0.2, 0.25) is 0 Å². The molecule has 0 saturated carbocycles. The molecule has 1 aliphatic rings. The van der Waals surface area contributed by atoms with Crippen molar-refractivity contribution in [3.05, 3.63) is 41.2 Å². The molecule has 0 amide bonds. The Balaban J connectivity index is 2.14. The molecule has 3 rings (SSSR count). The number of para-hydroxylation sites is 1. The van der Waals surface area contributed by atoms with Crippen LogP contribution in [0.2, 0.25) is 0 Å². The molecule has 5 nitrogen and oxygen atoms in total. The summed E-state index contributed by atoms with van der Waals surface area (Å²) in [6.45, 7) is 2.75. The summed E-state index contributed by atoms with van der Waals surface area (Å²) in [6, 6.07) is 10.0. The van der Waals surface area contributed by atoms with Crippen molar-refractivity contribution in [3.63, 3.8) is 0 Å². The lowest BCUT2D eigenvalue weighted by Gasteiger charge is -2.13. The first kappa shape index (κ1) is 11.9. The molecule has 1 unspecified atom stereocenters. The third-order valence-electron chi connectivity index (χ3n) is 3.39. The zero-order valence-corrected chi connectivity index (χ0v) is 10.7. The van der Waals surface area contributed by atoms with Crippen molar-refractivity contribution in [2.75, 3.05) is 6.61 Å². The van der Waals surface area contributed by atoms with Crippen molar-refractivity contribution in [1.82, 2.24) is 15.0 Å². The molecule has 1 atom stereocenters. The first-order valence-corrected chi connectivity index (χ1v) is 6.34. The molecule has 19 heavy (non-hydrogen) atoms. The van der Waals surface area contributed by atoms with Crippen LogP contribution in [-0.2, 0) is 4.74 Å². The number of aryl methyl sites for hydroxylation is 1. The number of ether oxygens (including phenoxy) is 1. The summed E-state index contributed by atoms with van der Waals surface area (Å²) in [7, 11) is 0. The number of aromatic nitrogens is 3. The fraction of sp³-hybridized carbons (Fsp3) is 0.357. The highest BCUT2D eigenvalue weighted by Crippen LogP contribution is 2.31. The second kappa shape index (κ2) is 4.82. The van der Waals surface area contributed by atoms with Gasteiger partial charge in [-0.05, 0) is 31.4 Å². The Morgan fingerprint density at radius 2 is 2.26 bits per heavy atom. The number of benzene rings is 1. The molecular formula is C14H14N4O. The highest BCUT2D eigenvalue weighted by atomic mass is 16.5. The van der Waals surface area contributed by atoms with Gasteiger partial charge in [0.1, 0.15) is 17.9 Å². The largest absolute Gasteiger partial charge is 0.372 e. The fourth-order valence-corrected chi connectivity index (χ4v) is 2.43. The molecule has 0 aliphatic carbocycles. The average Bonchev–Trinajstić information content (AvgIpc) is 3.07. The Morgan fingerprint density at radius 3 is 2.95 bits per heavy atom. The van der Waals surface area contributed by atoms with E-state index in [1.54, 1.807) is 4.68 Å². The lowest BCUT2D eigenvalue weighted by Crippen LogP contribution is -2.09. The normalized spacial score (nSPS) is 18.4. The van der Waals surface area contributed by atoms with E-state index in [2.05, 4.69) is 16.4 Å². The third-order valence-corrected chi connectivity index (χ3v) is 3.39. The number of nitriles is 1. The van der Waals surface area contributed by atoms with Crippen LogP contribution in [0.25, 0.3) is 5.69 Å². The average molecular weight is 254 g/mol. The molecule has 1 aromatic carbocycles. The van der Waals surface area contributed by atoms with Crippen LogP contribution in [0.15, 0.2) is 24.3 Å². The van der Waals surface area contributed by atoms with E-state index in [-0.39, 0.29) is 6.10 Å². The van der Waals surface area contributed by atoms with Crippen LogP contribution in [0.1, 0.15) is 35.9 Å². The summed E-state index contributed by atoms with van der Waals surface area (Å²) in [5.74, 6) is 0. The molecule has 1 saturated heterocycles. The number of nitrogens with zero attached hydrogens (tertiary/aromatic N) is 4. The Kier molecular flexibility index (Phi) is 3.02. The highest BCUT2D eigenvalue weighted by molar-refractivity contribution is 5.43. The minimum Gasteiger partial charge on any atom is -0.372 e. The van der Waals surface area contributed by atoms with E-state index in [4.69, 9.17) is 4.74 Å². The zero-order chi connectivity index (χ0) is 13.2. The summed E-state index contributed by atoms with van der Waals surface area (Å²) >= 11 is 0. The van der Waals surface area contributed by atoms with Crippen molar-refractivity contribution in [2.24, 2.45) is 0 Å². The van der Waals surface area contributed by atoms with Gasteiger partial charge >= 0.3 is 0 Å². The first-order valence-electron chi connectivity index (χ1n) is 6.34. The van der Waals surface area contributed by atoms with Crippen molar-refractivity contribution < 1.29 is 4.74 Å². The minimum absolute atomic E-state index is 0.0794. The van der Waals surface area contributed by atoms with Crippen LogP contribution in [-0.4, -0.2) is 21.6 Å². The van der Waals surface area contributed by atoms with E-state index in [1.165, 1.54) is 0 Å². The van der Waals surface area contributed by atoms with Gasteiger partial charge in [-0.3, -0.25) is 0 Å². The molecule has 96 valence electrons. The van der Waals surface area contributed by atoms with Crippen LogP contribution in [0.4, 0.5) is 0 Å². The standard InChI is InChI=1S/C14H14N4O/c1-10-5-2-3-6-12(10)18-14(11(9-15)16-17-18)13-7-4-8-19-13/h2-3,5-6,13H,4,7-8H2,1H3. The van der Waals surface area contributed by atoms with Crippen LogP contribution in [0, 0.1) is 18.3 Å². The predicted octanol–water partition coefficient (Wildman–Crippen LogP) is 2.30. The number of hydrogen-bond donors (Lipinski definition) is 0. The molecular weight excluding hydrogens is 240 g/mol. The van der Waals surface area contributed by atoms with Crippen LogP contribution in [0.5, 0.6) is 0 Å². The van der Waals surface area contributed by atoms with Gasteiger partial charge in [0, 0.05) is 6.61 Å². The Hall–Kier alpha value is -2.19. The second-order valence-corrected chi connectivity index (χ2v) is 4.64. The lowest BCUT2D eigenvalue weighted by molar-refractivity contribution is 0.106. The van der Waals surface area contributed by atoms with E-state index < -0.39 is 0 Å². The van der Waals surface area contributed by atoms with Crippen molar-refractivity contribution >= 4 is 0 Å². The highest BCUT2D eigenvalue weighted by Gasteiger charge is 2.27. The monoisotopic (exact) mass is 254 g/mol. The Bertz CT molecular complexity index is 635. The van der Waals surface area contributed by atoms with Gasteiger partial charge in [-0.25, -0.2) is 4.68 Å². The van der Waals surface area contributed by atoms with Gasteiger partial charge in [-0.1, -0.05) is 23.4 Å². The number of rotatable bonds is 2. The molecule has 1 aliphatic heterocycles. The van der Waals surface area contributed by atoms with Crippen LogP contribution in [0.3, 0.4) is 0 Å². The molecule has 2 aromatic rings. The quantitative estimate of drug-likeness (QED) is 0.824. The van der Waals surface area contributed by atoms with E-state index >= 15 is 0 Å². The van der Waals surface area contributed by atoms with Crippen molar-refractivity contribution in [1.29, 1.82) is 5.26 Å². The van der Waals surface area contributed by atoms with Crippen LogP contribution >= 0.6 is 0 Å². The third kappa shape index (κ3) is 2.00. The summed E-state index contributed by atoms with van der Waals surface area (Å²) < 4.78 is 7.43. The molecule has 2 heterocycles. The molecule has 1 aromatic heterocycles. The summed E-state index contributed by atoms with van der Waals surface area (Å²) in [5, 5.41) is 17.3.